The number of aromatic nitrogens is 1. The minimum Gasteiger partial charge on any atom is -0.497 e. The molecule has 32 heavy (non-hydrogen) atoms. The monoisotopic (exact) mass is 425 g/mol. The Morgan fingerprint density at radius 2 is 1.72 bits per heavy atom. The van der Waals surface area contributed by atoms with Crippen molar-refractivity contribution in [3.05, 3.63) is 91.0 Å². The molecule has 5 nitrogen and oxygen atoms in total. The van der Waals surface area contributed by atoms with Crippen molar-refractivity contribution in [2.24, 2.45) is 0 Å². The van der Waals surface area contributed by atoms with E-state index in [0.29, 0.717) is 17.4 Å². The maximum absolute atomic E-state index is 6.06. The molecule has 0 spiro atoms. The summed E-state index contributed by atoms with van der Waals surface area (Å²) < 4.78 is 11.4. The Morgan fingerprint density at radius 1 is 0.938 bits per heavy atom. The van der Waals surface area contributed by atoms with E-state index < -0.39 is 0 Å². The standard InChI is InChI=1S/C27H27N3O2/c1-4-16-28-25-15-8-7-13-23(25)19(2)29-27-24-14-6-5-10-20(24)17-26(30-27)32-22-12-9-11-21(18-22)31-3/h5-15,17-18,28H,2,4,16H2,1,3H3,(H,29,30). The predicted molar refractivity (Wildman–Crippen MR) is 133 cm³/mol. The van der Waals surface area contributed by atoms with Gasteiger partial charge in [-0.1, -0.05) is 62.0 Å². The molecular weight excluding hydrogens is 398 g/mol. The molecule has 4 aromatic rings. The van der Waals surface area contributed by atoms with Crippen molar-refractivity contribution in [2.45, 2.75) is 13.3 Å². The minimum atomic E-state index is 0.490. The molecule has 4 rings (SSSR count). The first-order valence-corrected chi connectivity index (χ1v) is 10.7. The molecule has 0 aliphatic carbocycles. The molecule has 1 heterocycles. The van der Waals surface area contributed by atoms with E-state index in [1.54, 1.807) is 7.11 Å². The van der Waals surface area contributed by atoms with E-state index in [9.17, 15) is 0 Å². The fourth-order valence-electron chi connectivity index (χ4n) is 3.48. The summed E-state index contributed by atoms with van der Waals surface area (Å²) in [4.78, 5) is 4.75. The average Bonchev–Trinajstić information content (AvgIpc) is 2.83. The Hall–Kier alpha value is -3.99. The van der Waals surface area contributed by atoms with Crippen LogP contribution in [0.4, 0.5) is 11.5 Å². The smallest absolute Gasteiger partial charge is 0.221 e. The molecule has 0 aliphatic heterocycles. The van der Waals surface area contributed by atoms with Crippen LogP contribution in [0.1, 0.15) is 18.9 Å². The van der Waals surface area contributed by atoms with Gasteiger partial charge >= 0.3 is 0 Å². The number of nitrogens with zero attached hydrogens (tertiary/aromatic N) is 1. The minimum absolute atomic E-state index is 0.490. The number of nitrogens with one attached hydrogen (secondary N) is 2. The van der Waals surface area contributed by atoms with Gasteiger partial charge in [0.2, 0.25) is 5.88 Å². The molecule has 0 radical (unpaired) electrons. The molecule has 0 unspecified atom stereocenters. The lowest BCUT2D eigenvalue weighted by Gasteiger charge is -2.17. The van der Waals surface area contributed by atoms with Crippen molar-refractivity contribution < 1.29 is 9.47 Å². The summed E-state index contributed by atoms with van der Waals surface area (Å²) in [6.07, 6.45) is 1.05. The second-order valence-corrected chi connectivity index (χ2v) is 7.39. The van der Waals surface area contributed by atoms with Gasteiger partial charge in [0, 0.05) is 41.0 Å². The maximum atomic E-state index is 6.06. The molecular formula is C27H27N3O2. The highest BCUT2D eigenvalue weighted by atomic mass is 16.5. The number of benzene rings is 3. The van der Waals surface area contributed by atoms with Gasteiger partial charge in [0.25, 0.3) is 0 Å². The normalized spacial score (nSPS) is 10.6. The molecule has 0 aliphatic rings. The van der Waals surface area contributed by atoms with Crippen LogP contribution in [0.5, 0.6) is 17.4 Å². The zero-order valence-electron chi connectivity index (χ0n) is 18.4. The number of methoxy groups -OCH3 is 1. The maximum Gasteiger partial charge on any atom is 0.221 e. The SMILES string of the molecule is C=C(Nc1nc(Oc2cccc(OC)c2)cc2ccccc12)c1ccccc1NCCC. The summed E-state index contributed by atoms with van der Waals surface area (Å²) in [7, 11) is 1.63. The summed E-state index contributed by atoms with van der Waals surface area (Å²) in [5, 5.41) is 8.89. The van der Waals surface area contributed by atoms with Gasteiger partial charge in [-0.25, -0.2) is 0 Å². The second-order valence-electron chi connectivity index (χ2n) is 7.39. The number of fused-ring (bicyclic) bond motifs is 1. The number of para-hydroxylation sites is 1. The Labute approximate surface area is 188 Å². The summed E-state index contributed by atoms with van der Waals surface area (Å²) in [5.74, 6) is 2.57. The first-order valence-electron chi connectivity index (χ1n) is 10.7. The Kier molecular flexibility index (Phi) is 6.56. The molecule has 0 saturated carbocycles. The largest absolute Gasteiger partial charge is 0.497 e. The van der Waals surface area contributed by atoms with E-state index >= 15 is 0 Å². The number of anilines is 2. The average molecular weight is 426 g/mol. The third kappa shape index (κ3) is 4.83. The third-order valence-corrected chi connectivity index (χ3v) is 5.07. The Balaban J connectivity index is 1.67. The van der Waals surface area contributed by atoms with Gasteiger partial charge in [-0.15, -0.1) is 0 Å². The van der Waals surface area contributed by atoms with Crippen LogP contribution in [0.25, 0.3) is 16.5 Å². The summed E-state index contributed by atoms with van der Waals surface area (Å²) in [6, 6.07) is 25.6. The lowest BCUT2D eigenvalue weighted by atomic mass is 10.1. The number of hydrogen-bond acceptors (Lipinski definition) is 5. The van der Waals surface area contributed by atoms with E-state index in [-0.39, 0.29) is 0 Å². The number of pyridine rings is 1. The fourth-order valence-corrected chi connectivity index (χ4v) is 3.48. The van der Waals surface area contributed by atoms with Gasteiger partial charge in [0.15, 0.2) is 0 Å². The van der Waals surface area contributed by atoms with Crippen molar-refractivity contribution >= 4 is 28.0 Å². The molecule has 0 fully saturated rings. The van der Waals surface area contributed by atoms with E-state index in [4.69, 9.17) is 14.5 Å². The van der Waals surface area contributed by atoms with Crippen molar-refractivity contribution in [3.8, 4) is 17.4 Å². The van der Waals surface area contributed by atoms with Crippen LogP contribution >= 0.6 is 0 Å². The first kappa shape index (κ1) is 21.2. The summed E-state index contributed by atoms with van der Waals surface area (Å²) >= 11 is 0. The molecule has 0 saturated heterocycles. The van der Waals surface area contributed by atoms with Crippen molar-refractivity contribution in [1.29, 1.82) is 0 Å². The van der Waals surface area contributed by atoms with E-state index in [2.05, 4.69) is 30.2 Å². The zero-order valence-corrected chi connectivity index (χ0v) is 18.4. The molecule has 1 aromatic heterocycles. The first-order chi connectivity index (χ1) is 15.7. The molecule has 162 valence electrons. The quantitative estimate of drug-likeness (QED) is 0.304. The van der Waals surface area contributed by atoms with Crippen LogP contribution in [0, 0.1) is 0 Å². The van der Waals surface area contributed by atoms with Gasteiger partial charge in [0.1, 0.15) is 17.3 Å². The highest BCUT2D eigenvalue weighted by molar-refractivity contribution is 5.96. The Morgan fingerprint density at radius 3 is 2.56 bits per heavy atom. The number of rotatable bonds is 9. The van der Waals surface area contributed by atoms with Gasteiger partial charge in [-0.05, 0) is 30.0 Å². The van der Waals surface area contributed by atoms with Crippen molar-refractivity contribution in [3.63, 3.8) is 0 Å². The van der Waals surface area contributed by atoms with Gasteiger partial charge in [0.05, 0.1) is 7.11 Å². The van der Waals surface area contributed by atoms with Crippen molar-refractivity contribution in [2.75, 3.05) is 24.3 Å². The number of hydrogen-bond donors (Lipinski definition) is 2. The molecule has 0 bridgehead atoms. The van der Waals surface area contributed by atoms with Crippen LogP contribution < -0.4 is 20.1 Å². The van der Waals surface area contributed by atoms with Crippen LogP contribution in [-0.2, 0) is 0 Å². The highest BCUT2D eigenvalue weighted by Crippen LogP contribution is 2.32. The van der Waals surface area contributed by atoms with E-state index in [0.717, 1.165) is 46.4 Å². The summed E-state index contributed by atoms with van der Waals surface area (Å²) in [5.41, 5.74) is 2.81. The van der Waals surface area contributed by atoms with Crippen LogP contribution in [0.2, 0.25) is 0 Å². The second kappa shape index (κ2) is 9.88. The van der Waals surface area contributed by atoms with Crippen LogP contribution in [0.3, 0.4) is 0 Å². The van der Waals surface area contributed by atoms with Crippen LogP contribution in [-0.4, -0.2) is 18.6 Å². The van der Waals surface area contributed by atoms with E-state index in [1.807, 2.05) is 72.8 Å². The molecule has 0 amide bonds. The van der Waals surface area contributed by atoms with Gasteiger partial charge in [-0.3, -0.25) is 0 Å². The molecule has 5 heteroatoms. The lowest BCUT2D eigenvalue weighted by molar-refractivity contribution is 0.407. The topological polar surface area (TPSA) is 55.4 Å². The number of ether oxygens (including phenoxy) is 2. The highest BCUT2D eigenvalue weighted by Gasteiger charge is 2.12. The van der Waals surface area contributed by atoms with Crippen molar-refractivity contribution in [1.82, 2.24) is 4.98 Å². The fraction of sp³-hybridized carbons (Fsp3) is 0.148. The van der Waals surface area contributed by atoms with Crippen LogP contribution in [0.15, 0.2) is 85.4 Å². The molecule has 0 atom stereocenters. The predicted octanol–water partition coefficient (Wildman–Crippen LogP) is 6.94. The molecule has 3 aromatic carbocycles. The van der Waals surface area contributed by atoms with Gasteiger partial charge in [-0.2, -0.15) is 4.98 Å². The zero-order chi connectivity index (χ0) is 22.3. The van der Waals surface area contributed by atoms with Gasteiger partial charge < -0.3 is 20.1 Å². The Bertz CT molecular complexity index is 1240. The third-order valence-electron chi connectivity index (χ3n) is 5.07. The lowest BCUT2D eigenvalue weighted by Crippen LogP contribution is -2.06. The van der Waals surface area contributed by atoms with E-state index in [1.165, 1.54) is 0 Å². The summed E-state index contributed by atoms with van der Waals surface area (Å²) in [6.45, 7) is 7.33. The molecule has 2 N–H and O–H groups in total.